The van der Waals surface area contributed by atoms with Crippen LogP contribution in [0.2, 0.25) is 0 Å². The largest absolute Gasteiger partial charge is 0.357 e. The molecule has 1 rings (SSSR count). The minimum absolute atomic E-state index is 0.0943. The molecule has 1 aromatic heterocycles. The summed E-state index contributed by atoms with van der Waals surface area (Å²) in [4.78, 5) is 11.4. The third-order valence-corrected chi connectivity index (χ3v) is 1.81. The summed E-state index contributed by atoms with van der Waals surface area (Å²) in [5.74, 6) is 0.490. The molecule has 0 fully saturated rings. The van der Waals surface area contributed by atoms with Crippen molar-refractivity contribution in [3.8, 4) is 0 Å². The van der Waals surface area contributed by atoms with E-state index in [1.807, 2.05) is 0 Å². The van der Waals surface area contributed by atoms with Crippen LogP contribution in [-0.2, 0) is 4.79 Å². The second-order valence-electron chi connectivity index (χ2n) is 3.44. The van der Waals surface area contributed by atoms with Crippen LogP contribution in [0.3, 0.4) is 0 Å². The first-order valence-electron chi connectivity index (χ1n) is 4.34. The Hall–Kier alpha value is -1.65. The Labute approximate surface area is 82.9 Å². The van der Waals surface area contributed by atoms with Gasteiger partial charge in [-0.1, -0.05) is 0 Å². The van der Waals surface area contributed by atoms with Crippen LogP contribution in [0.5, 0.6) is 0 Å². The molecular formula is C9H14N4O. The molecule has 5 heteroatoms. The molecule has 0 unspecified atom stereocenters. The SMILES string of the molecule is CNC(=O)C(C)(C)Nc1cccnn1. The van der Waals surface area contributed by atoms with Gasteiger partial charge < -0.3 is 10.6 Å². The molecule has 1 aromatic rings. The number of nitrogens with zero attached hydrogens (tertiary/aromatic N) is 2. The molecule has 14 heavy (non-hydrogen) atoms. The molecule has 2 N–H and O–H groups in total. The highest BCUT2D eigenvalue weighted by Crippen LogP contribution is 2.10. The van der Waals surface area contributed by atoms with Gasteiger partial charge in [-0.25, -0.2) is 0 Å². The van der Waals surface area contributed by atoms with Crippen LogP contribution < -0.4 is 10.6 Å². The Morgan fingerprint density at radius 2 is 2.21 bits per heavy atom. The van der Waals surface area contributed by atoms with Gasteiger partial charge in [-0.15, -0.1) is 5.10 Å². The van der Waals surface area contributed by atoms with Crippen LogP contribution in [-0.4, -0.2) is 28.7 Å². The molecule has 76 valence electrons. The maximum absolute atomic E-state index is 11.4. The molecule has 1 amide bonds. The minimum Gasteiger partial charge on any atom is -0.357 e. The first-order chi connectivity index (χ1) is 6.56. The number of rotatable bonds is 3. The molecule has 0 spiro atoms. The van der Waals surface area contributed by atoms with Crippen molar-refractivity contribution in [1.29, 1.82) is 0 Å². The van der Waals surface area contributed by atoms with Crippen molar-refractivity contribution < 1.29 is 4.79 Å². The van der Waals surface area contributed by atoms with Crippen LogP contribution in [0.15, 0.2) is 18.3 Å². The van der Waals surface area contributed by atoms with E-state index in [-0.39, 0.29) is 5.91 Å². The predicted molar refractivity (Wildman–Crippen MR) is 53.8 cm³/mol. The van der Waals surface area contributed by atoms with E-state index >= 15 is 0 Å². The van der Waals surface area contributed by atoms with Gasteiger partial charge in [-0.05, 0) is 26.0 Å². The molecule has 0 atom stereocenters. The van der Waals surface area contributed by atoms with Crippen molar-refractivity contribution in [3.63, 3.8) is 0 Å². The van der Waals surface area contributed by atoms with E-state index in [2.05, 4.69) is 20.8 Å². The average molecular weight is 194 g/mol. The van der Waals surface area contributed by atoms with E-state index in [0.717, 1.165) is 0 Å². The number of nitrogens with one attached hydrogen (secondary N) is 2. The van der Waals surface area contributed by atoms with E-state index in [4.69, 9.17) is 0 Å². The first kappa shape index (κ1) is 10.4. The molecule has 0 aliphatic carbocycles. The summed E-state index contributed by atoms with van der Waals surface area (Å²) in [5, 5.41) is 13.1. The van der Waals surface area contributed by atoms with Crippen molar-refractivity contribution in [2.75, 3.05) is 12.4 Å². The van der Waals surface area contributed by atoms with Crippen LogP contribution in [0.25, 0.3) is 0 Å². The van der Waals surface area contributed by atoms with Crippen LogP contribution in [0.4, 0.5) is 5.82 Å². The molecule has 1 heterocycles. The van der Waals surface area contributed by atoms with Gasteiger partial charge in [0.05, 0.1) is 0 Å². The maximum Gasteiger partial charge on any atom is 0.244 e. The molecule has 0 aliphatic rings. The smallest absolute Gasteiger partial charge is 0.244 e. The lowest BCUT2D eigenvalue weighted by molar-refractivity contribution is -0.124. The highest BCUT2D eigenvalue weighted by Gasteiger charge is 2.26. The van der Waals surface area contributed by atoms with Crippen LogP contribution in [0, 0.1) is 0 Å². The first-order valence-corrected chi connectivity index (χ1v) is 4.34. The van der Waals surface area contributed by atoms with Gasteiger partial charge in [0.2, 0.25) is 5.91 Å². The summed E-state index contributed by atoms with van der Waals surface area (Å²) in [6.45, 7) is 3.56. The lowest BCUT2D eigenvalue weighted by Gasteiger charge is -2.24. The van der Waals surface area contributed by atoms with Gasteiger partial charge in [0, 0.05) is 13.2 Å². The van der Waals surface area contributed by atoms with Crippen molar-refractivity contribution in [2.24, 2.45) is 0 Å². The Morgan fingerprint density at radius 1 is 1.50 bits per heavy atom. The second kappa shape index (κ2) is 4.04. The number of hydrogen-bond acceptors (Lipinski definition) is 4. The number of amides is 1. The van der Waals surface area contributed by atoms with Crippen molar-refractivity contribution in [2.45, 2.75) is 19.4 Å². The Kier molecular flexibility index (Phi) is 3.01. The lowest BCUT2D eigenvalue weighted by atomic mass is 10.1. The normalized spacial score (nSPS) is 10.8. The van der Waals surface area contributed by atoms with Gasteiger partial charge in [-0.2, -0.15) is 5.10 Å². The highest BCUT2D eigenvalue weighted by atomic mass is 16.2. The van der Waals surface area contributed by atoms with E-state index in [9.17, 15) is 4.79 Å². The fourth-order valence-electron chi connectivity index (χ4n) is 1.06. The van der Waals surface area contributed by atoms with Crippen LogP contribution >= 0.6 is 0 Å². The second-order valence-corrected chi connectivity index (χ2v) is 3.44. The zero-order chi connectivity index (χ0) is 10.6. The van der Waals surface area contributed by atoms with Crippen molar-refractivity contribution >= 4 is 11.7 Å². The summed E-state index contributed by atoms with van der Waals surface area (Å²) in [6.07, 6.45) is 1.58. The zero-order valence-electron chi connectivity index (χ0n) is 8.53. The van der Waals surface area contributed by atoms with Crippen LogP contribution in [0.1, 0.15) is 13.8 Å². The summed E-state index contributed by atoms with van der Waals surface area (Å²) in [5.41, 5.74) is -0.690. The molecule has 0 saturated carbocycles. The minimum atomic E-state index is -0.690. The molecule has 5 nitrogen and oxygen atoms in total. The zero-order valence-corrected chi connectivity index (χ0v) is 8.53. The van der Waals surface area contributed by atoms with E-state index in [1.54, 1.807) is 39.2 Å². The summed E-state index contributed by atoms with van der Waals surface area (Å²) >= 11 is 0. The Morgan fingerprint density at radius 3 is 2.71 bits per heavy atom. The fraction of sp³-hybridized carbons (Fsp3) is 0.444. The monoisotopic (exact) mass is 194 g/mol. The van der Waals surface area contributed by atoms with Crippen molar-refractivity contribution in [3.05, 3.63) is 18.3 Å². The van der Waals surface area contributed by atoms with Gasteiger partial charge in [0.25, 0.3) is 0 Å². The number of aromatic nitrogens is 2. The summed E-state index contributed by atoms with van der Waals surface area (Å²) < 4.78 is 0. The third kappa shape index (κ3) is 2.42. The van der Waals surface area contributed by atoms with Gasteiger partial charge in [-0.3, -0.25) is 4.79 Å². The molecule has 0 aliphatic heterocycles. The van der Waals surface area contributed by atoms with Gasteiger partial charge >= 0.3 is 0 Å². The summed E-state index contributed by atoms with van der Waals surface area (Å²) in [7, 11) is 1.60. The third-order valence-electron chi connectivity index (χ3n) is 1.81. The average Bonchev–Trinajstić information content (AvgIpc) is 2.17. The lowest BCUT2D eigenvalue weighted by Crippen LogP contribution is -2.46. The maximum atomic E-state index is 11.4. The number of likely N-dealkylation sites (N-methyl/N-ethyl adjacent to an activating group) is 1. The number of carbonyl (C=O) groups is 1. The highest BCUT2D eigenvalue weighted by molar-refractivity contribution is 5.87. The molecule has 0 radical (unpaired) electrons. The Bertz CT molecular complexity index is 310. The van der Waals surface area contributed by atoms with Crippen molar-refractivity contribution in [1.82, 2.24) is 15.5 Å². The topological polar surface area (TPSA) is 66.9 Å². The number of anilines is 1. The molecular weight excluding hydrogens is 180 g/mol. The Balaban J connectivity index is 2.73. The standard InChI is InChI=1S/C9H14N4O/c1-9(2,8(14)10-3)12-7-5-4-6-11-13-7/h4-6H,1-3H3,(H,10,14)(H,12,13). The number of hydrogen-bond donors (Lipinski definition) is 2. The van der Waals surface area contributed by atoms with Gasteiger partial charge in [0.15, 0.2) is 0 Å². The van der Waals surface area contributed by atoms with Gasteiger partial charge in [0.1, 0.15) is 11.4 Å². The quantitative estimate of drug-likeness (QED) is 0.731. The van der Waals surface area contributed by atoms with E-state index < -0.39 is 5.54 Å². The summed E-state index contributed by atoms with van der Waals surface area (Å²) in [6, 6.07) is 3.52. The van der Waals surface area contributed by atoms with E-state index in [1.165, 1.54) is 0 Å². The predicted octanol–water partition coefficient (Wildman–Crippen LogP) is 0.413. The van der Waals surface area contributed by atoms with E-state index in [0.29, 0.717) is 5.82 Å². The number of carbonyl (C=O) groups excluding carboxylic acids is 1. The molecule has 0 aromatic carbocycles. The molecule has 0 bridgehead atoms. The molecule has 0 saturated heterocycles. The fourth-order valence-corrected chi connectivity index (χ4v) is 1.06.